The molecule has 5 nitrogen and oxygen atoms in total. The Balaban J connectivity index is 2.08. The first kappa shape index (κ1) is 14.7. The predicted octanol–water partition coefficient (Wildman–Crippen LogP) is 3.58. The van der Waals surface area contributed by atoms with Gasteiger partial charge in [0.25, 0.3) is 0 Å². The summed E-state index contributed by atoms with van der Waals surface area (Å²) in [5, 5.41) is 2.77. The number of methoxy groups -OCH3 is 1. The molecule has 0 spiro atoms. The van der Waals surface area contributed by atoms with Crippen molar-refractivity contribution < 1.29 is 14.3 Å². The highest BCUT2D eigenvalue weighted by molar-refractivity contribution is 5.89. The molecule has 2 amide bonds. The van der Waals surface area contributed by atoms with Gasteiger partial charge in [0, 0.05) is 25.8 Å². The van der Waals surface area contributed by atoms with Crippen LogP contribution in [0.1, 0.15) is 0 Å². The van der Waals surface area contributed by atoms with Crippen LogP contribution in [0.2, 0.25) is 0 Å². The Labute approximate surface area is 124 Å². The summed E-state index contributed by atoms with van der Waals surface area (Å²) in [7, 11) is 4.99. The van der Waals surface area contributed by atoms with Crippen LogP contribution in [0.3, 0.4) is 0 Å². The van der Waals surface area contributed by atoms with Crippen LogP contribution in [0.25, 0.3) is 0 Å². The van der Waals surface area contributed by atoms with Crippen molar-refractivity contribution in [2.45, 2.75) is 0 Å². The molecule has 0 saturated carbocycles. The van der Waals surface area contributed by atoms with Crippen LogP contribution >= 0.6 is 0 Å². The largest absolute Gasteiger partial charge is 0.497 e. The lowest BCUT2D eigenvalue weighted by molar-refractivity contribution is 0.230. The van der Waals surface area contributed by atoms with Crippen molar-refractivity contribution in [2.75, 3.05) is 26.5 Å². The minimum Gasteiger partial charge on any atom is -0.497 e. The molecule has 0 aromatic heterocycles. The van der Waals surface area contributed by atoms with E-state index in [-0.39, 0.29) is 6.03 Å². The second-order valence-corrected chi connectivity index (χ2v) is 4.63. The molecule has 0 aliphatic heterocycles. The van der Waals surface area contributed by atoms with E-state index in [0.29, 0.717) is 17.2 Å². The predicted molar refractivity (Wildman–Crippen MR) is 82.2 cm³/mol. The van der Waals surface area contributed by atoms with Crippen molar-refractivity contribution in [3.8, 4) is 17.2 Å². The number of rotatable bonds is 4. The van der Waals surface area contributed by atoms with Gasteiger partial charge in [-0.05, 0) is 36.4 Å². The number of benzene rings is 2. The number of nitrogens with one attached hydrogen (secondary N) is 1. The number of anilines is 1. The van der Waals surface area contributed by atoms with Gasteiger partial charge < -0.3 is 19.7 Å². The van der Waals surface area contributed by atoms with Gasteiger partial charge in [-0.2, -0.15) is 0 Å². The van der Waals surface area contributed by atoms with Gasteiger partial charge in [0.1, 0.15) is 17.2 Å². The third-order valence-electron chi connectivity index (χ3n) is 2.79. The molecule has 2 rings (SSSR count). The fourth-order valence-electron chi connectivity index (χ4n) is 1.65. The van der Waals surface area contributed by atoms with E-state index in [1.807, 2.05) is 42.5 Å². The van der Waals surface area contributed by atoms with E-state index in [1.54, 1.807) is 27.3 Å². The molecule has 0 aliphatic carbocycles. The number of ether oxygens (including phenoxy) is 2. The van der Waals surface area contributed by atoms with Crippen LogP contribution in [0.15, 0.2) is 48.5 Å². The summed E-state index contributed by atoms with van der Waals surface area (Å²) in [6, 6.07) is 14.3. The lowest BCUT2D eigenvalue weighted by Gasteiger charge is -2.13. The molecule has 2 aromatic rings. The van der Waals surface area contributed by atoms with Crippen LogP contribution < -0.4 is 14.8 Å². The number of carbonyl (C=O) groups excluding carboxylic acids is 1. The van der Waals surface area contributed by atoms with Crippen LogP contribution in [-0.2, 0) is 0 Å². The van der Waals surface area contributed by atoms with Crippen LogP contribution in [-0.4, -0.2) is 32.1 Å². The first-order chi connectivity index (χ1) is 10.1. The van der Waals surface area contributed by atoms with Crippen molar-refractivity contribution in [1.82, 2.24) is 4.90 Å². The highest BCUT2D eigenvalue weighted by atomic mass is 16.5. The van der Waals surface area contributed by atoms with E-state index in [4.69, 9.17) is 9.47 Å². The molecule has 0 heterocycles. The normalized spacial score (nSPS) is 9.86. The maximum absolute atomic E-state index is 11.6. The molecule has 2 aromatic carbocycles. The second-order valence-electron chi connectivity index (χ2n) is 4.63. The zero-order chi connectivity index (χ0) is 15.2. The summed E-state index contributed by atoms with van der Waals surface area (Å²) in [6.07, 6.45) is 0. The number of nitrogens with zero attached hydrogens (tertiary/aromatic N) is 1. The molecular formula is C16H18N2O3. The zero-order valence-corrected chi connectivity index (χ0v) is 12.3. The highest BCUT2D eigenvalue weighted by Crippen LogP contribution is 2.25. The van der Waals surface area contributed by atoms with Crippen molar-refractivity contribution in [2.24, 2.45) is 0 Å². The molecule has 0 atom stereocenters. The molecule has 110 valence electrons. The fourth-order valence-corrected chi connectivity index (χ4v) is 1.65. The Morgan fingerprint density at radius 2 is 1.67 bits per heavy atom. The minimum atomic E-state index is -0.184. The maximum atomic E-state index is 11.6. The molecule has 0 saturated heterocycles. The molecule has 0 unspecified atom stereocenters. The summed E-state index contributed by atoms with van der Waals surface area (Å²) >= 11 is 0. The molecule has 0 fully saturated rings. The van der Waals surface area contributed by atoms with Gasteiger partial charge in [-0.1, -0.05) is 6.07 Å². The number of urea groups is 1. The van der Waals surface area contributed by atoms with E-state index in [0.717, 1.165) is 5.75 Å². The Morgan fingerprint density at radius 3 is 2.29 bits per heavy atom. The lowest BCUT2D eigenvalue weighted by Crippen LogP contribution is -2.27. The van der Waals surface area contributed by atoms with Crippen molar-refractivity contribution >= 4 is 11.7 Å². The summed E-state index contributed by atoms with van der Waals surface area (Å²) in [5.41, 5.74) is 0.680. The standard InChI is InChI=1S/C16H18N2O3/c1-18(2)16(19)17-12-5-4-6-15(11-12)21-14-9-7-13(20-3)8-10-14/h4-11H,1-3H3,(H,17,19). The van der Waals surface area contributed by atoms with E-state index in [9.17, 15) is 4.79 Å². The fraction of sp³-hybridized carbons (Fsp3) is 0.188. The highest BCUT2D eigenvalue weighted by Gasteiger charge is 2.05. The zero-order valence-electron chi connectivity index (χ0n) is 12.3. The SMILES string of the molecule is COc1ccc(Oc2cccc(NC(=O)N(C)C)c2)cc1. The summed E-state index contributed by atoms with van der Waals surface area (Å²) in [6.45, 7) is 0. The Kier molecular flexibility index (Phi) is 4.66. The monoisotopic (exact) mass is 286 g/mol. The second kappa shape index (κ2) is 6.65. The van der Waals surface area contributed by atoms with Gasteiger partial charge in [0.15, 0.2) is 0 Å². The quantitative estimate of drug-likeness (QED) is 0.934. The molecule has 21 heavy (non-hydrogen) atoms. The Bertz CT molecular complexity index is 609. The number of carbonyl (C=O) groups is 1. The van der Waals surface area contributed by atoms with Crippen molar-refractivity contribution in [3.05, 3.63) is 48.5 Å². The van der Waals surface area contributed by atoms with E-state index < -0.39 is 0 Å². The average Bonchev–Trinajstić information content (AvgIpc) is 2.48. The topological polar surface area (TPSA) is 50.8 Å². The molecule has 0 bridgehead atoms. The van der Waals surface area contributed by atoms with Crippen LogP contribution in [0.5, 0.6) is 17.2 Å². The number of hydrogen-bond acceptors (Lipinski definition) is 3. The van der Waals surface area contributed by atoms with Gasteiger partial charge >= 0.3 is 6.03 Å². The lowest BCUT2D eigenvalue weighted by atomic mass is 10.3. The van der Waals surface area contributed by atoms with Crippen LogP contribution in [0.4, 0.5) is 10.5 Å². The van der Waals surface area contributed by atoms with Gasteiger partial charge in [-0.15, -0.1) is 0 Å². The average molecular weight is 286 g/mol. The molecular weight excluding hydrogens is 268 g/mol. The minimum absolute atomic E-state index is 0.184. The van der Waals surface area contributed by atoms with Gasteiger partial charge in [0.05, 0.1) is 7.11 Å². The number of amides is 2. The van der Waals surface area contributed by atoms with E-state index >= 15 is 0 Å². The third kappa shape index (κ3) is 4.14. The summed E-state index contributed by atoms with van der Waals surface area (Å²) in [5.74, 6) is 2.12. The molecule has 0 radical (unpaired) electrons. The van der Waals surface area contributed by atoms with Crippen molar-refractivity contribution in [3.63, 3.8) is 0 Å². The summed E-state index contributed by atoms with van der Waals surface area (Å²) in [4.78, 5) is 13.1. The van der Waals surface area contributed by atoms with Gasteiger partial charge in [0.2, 0.25) is 0 Å². The Hall–Kier alpha value is -2.69. The van der Waals surface area contributed by atoms with E-state index in [1.165, 1.54) is 4.90 Å². The molecule has 1 N–H and O–H groups in total. The molecule has 5 heteroatoms. The first-order valence-electron chi connectivity index (χ1n) is 6.49. The summed E-state index contributed by atoms with van der Waals surface area (Å²) < 4.78 is 10.8. The smallest absolute Gasteiger partial charge is 0.321 e. The molecule has 0 aliphatic rings. The maximum Gasteiger partial charge on any atom is 0.321 e. The Morgan fingerprint density at radius 1 is 1.00 bits per heavy atom. The van der Waals surface area contributed by atoms with Gasteiger partial charge in [-0.25, -0.2) is 4.79 Å². The van der Waals surface area contributed by atoms with Crippen molar-refractivity contribution in [1.29, 1.82) is 0 Å². The third-order valence-corrected chi connectivity index (χ3v) is 2.79. The van der Waals surface area contributed by atoms with E-state index in [2.05, 4.69) is 5.32 Å². The first-order valence-corrected chi connectivity index (χ1v) is 6.49. The number of hydrogen-bond donors (Lipinski definition) is 1. The van der Waals surface area contributed by atoms with Crippen LogP contribution in [0, 0.1) is 0 Å². The van der Waals surface area contributed by atoms with Gasteiger partial charge in [-0.3, -0.25) is 0 Å².